The Morgan fingerprint density at radius 2 is 2.05 bits per heavy atom. The molecule has 1 aromatic rings. The van der Waals surface area contributed by atoms with Gasteiger partial charge in [-0.2, -0.15) is 11.8 Å². The van der Waals surface area contributed by atoms with Crippen molar-refractivity contribution in [3.63, 3.8) is 0 Å². The number of hydrogen-bond acceptors (Lipinski definition) is 4. The number of thioether (sulfide) groups is 1. The van der Waals surface area contributed by atoms with Crippen LogP contribution in [0.3, 0.4) is 0 Å². The average Bonchev–Trinajstić information content (AvgIpc) is 2.46. The molecule has 0 spiro atoms. The molecule has 1 rings (SSSR count). The van der Waals surface area contributed by atoms with E-state index in [1.165, 1.54) is 24.4 Å². The monoisotopic (exact) mass is 311 g/mol. The Morgan fingerprint density at radius 3 is 2.76 bits per heavy atom. The summed E-state index contributed by atoms with van der Waals surface area (Å²) in [7, 11) is 0. The molecule has 0 saturated heterocycles. The molecule has 116 valence electrons. The molecule has 0 saturated carbocycles. The fraction of sp³-hybridized carbons (Fsp3) is 0.500. The van der Waals surface area contributed by atoms with Crippen molar-refractivity contribution in [1.29, 1.82) is 0 Å². The zero-order chi connectivity index (χ0) is 15.5. The molecule has 0 atom stereocenters. The van der Waals surface area contributed by atoms with Crippen LogP contribution in [0.1, 0.15) is 36.2 Å². The van der Waals surface area contributed by atoms with Crippen LogP contribution in [0, 0.1) is 0 Å². The highest BCUT2D eigenvalue weighted by molar-refractivity contribution is 7.98. The van der Waals surface area contributed by atoms with Crippen molar-refractivity contribution in [3.8, 4) is 0 Å². The number of carboxylic acids is 1. The Hall–Kier alpha value is -1.76. The van der Waals surface area contributed by atoms with Crippen LogP contribution in [0.5, 0.6) is 0 Å². The van der Waals surface area contributed by atoms with Gasteiger partial charge in [0.15, 0.2) is 5.69 Å². The predicted octanol–water partition coefficient (Wildman–Crippen LogP) is 2.82. The first kappa shape index (κ1) is 17.3. The Bertz CT molecular complexity index is 469. The van der Waals surface area contributed by atoms with Crippen LogP contribution in [0.25, 0.3) is 0 Å². The largest absolute Gasteiger partial charge is 0.476 e. The third-order valence-electron chi connectivity index (χ3n) is 2.82. The van der Waals surface area contributed by atoms with Gasteiger partial charge in [0, 0.05) is 12.7 Å². The van der Waals surface area contributed by atoms with E-state index >= 15 is 0 Å². The fourth-order valence-corrected chi connectivity index (χ4v) is 2.26. The molecule has 0 bridgehead atoms. The van der Waals surface area contributed by atoms with Gasteiger partial charge in [0.05, 0.1) is 5.69 Å². The van der Waals surface area contributed by atoms with Gasteiger partial charge in [0.2, 0.25) is 0 Å². The minimum atomic E-state index is -1.17. The molecule has 1 aromatic heterocycles. The molecule has 2 amide bonds. The van der Waals surface area contributed by atoms with Gasteiger partial charge >= 0.3 is 12.0 Å². The molecule has 7 heteroatoms. The van der Waals surface area contributed by atoms with E-state index in [9.17, 15) is 9.59 Å². The number of hydrogen-bond donors (Lipinski definition) is 3. The van der Waals surface area contributed by atoms with Gasteiger partial charge in [-0.3, -0.25) is 0 Å². The van der Waals surface area contributed by atoms with Gasteiger partial charge in [0.1, 0.15) is 0 Å². The van der Waals surface area contributed by atoms with Crippen LogP contribution in [0.2, 0.25) is 0 Å². The Morgan fingerprint density at radius 1 is 1.29 bits per heavy atom. The third-order valence-corrected chi connectivity index (χ3v) is 3.52. The number of nitrogens with zero attached hydrogens (tertiary/aromatic N) is 1. The number of carboxylic acid groups (broad SMARTS) is 1. The number of unbranched alkanes of at least 4 members (excludes halogenated alkanes) is 3. The van der Waals surface area contributed by atoms with Crippen molar-refractivity contribution in [3.05, 3.63) is 24.0 Å². The van der Waals surface area contributed by atoms with Crippen molar-refractivity contribution in [1.82, 2.24) is 10.3 Å². The Labute approximate surface area is 128 Å². The number of anilines is 1. The first-order chi connectivity index (χ1) is 10.1. The van der Waals surface area contributed by atoms with Gasteiger partial charge in [0.25, 0.3) is 0 Å². The minimum absolute atomic E-state index is 0.162. The molecule has 0 aliphatic carbocycles. The van der Waals surface area contributed by atoms with Crippen LogP contribution < -0.4 is 10.6 Å². The molecule has 3 N–H and O–H groups in total. The molecular weight excluding hydrogens is 290 g/mol. The van der Waals surface area contributed by atoms with Gasteiger partial charge in [-0.15, -0.1) is 0 Å². The number of amides is 2. The van der Waals surface area contributed by atoms with Crippen LogP contribution in [0.15, 0.2) is 18.3 Å². The summed E-state index contributed by atoms with van der Waals surface area (Å²) in [4.78, 5) is 26.4. The number of nitrogens with one attached hydrogen (secondary N) is 2. The average molecular weight is 311 g/mol. The maximum atomic E-state index is 11.7. The number of carbonyl (C=O) groups excluding carboxylic acids is 1. The predicted molar refractivity (Wildman–Crippen MR) is 85.1 cm³/mol. The highest BCUT2D eigenvalue weighted by atomic mass is 32.2. The third kappa shape index (κ3) is 6.99. The summed E-state index contributed by atoms with van der Waals surface area (Å²) in [6.45, 7) is 0.577. The second kappa shape index (κ2) is 10.0. The van der Waals surface area contributed by atoms with Gasteiger partial charge < -0.3 is 15.7 Å². The van der Waals surface area contributed by atoms with Crippen LogP contribution >= 0.6 is 11.8 Å². The smallest absolute Gasteiger partial charge is 0.356 e. The summed E-state index contributed by atoms with van der Waals surface area (Å²) in [6.07, 6.45) is 7.83. The van der Waals surface area contributed by atoms with Crippen LogP contribution in [-0.2, 0) is 0 Å². The first-order valence-electron chi connectivity index (χ1n) is 6.87. The standard InChI is InChI=1S/C14H21N3O3S/c1-21-10-5-3-2-4-8-16-14(20)17-11-7-6-9-15-12(11)13(18)19/h6-7,9H,2-5,8,10H2,1H3,(H,18,19)(H2,16,17,20). The number of aromatic carboxylic acids is 1. The van der Waals surface area contributed by atoms with Gasteiger partial charge in [-0.05, 0) is 37.0 Å². The maximum absolute atomic E-state index is 11.7. The van der Waals surface area contributed by atoms with E-state index in [0.717, 1.165) is 19.3 Å². The molecular formula is C14H21N3O3S. The zero-order valence-electron chi connectivity index (χ0n) is 12.1. The number of urea groups is 1. The normalized spacial score (nSPS) is 10.1. The lowest BCUT2D eigenvalue weighted by molar-refractivity contribution is 0.0691. The molecule has 0 fully saturated rings. The van der Waals surface area contributed by atoms with Crippen molar-refractivity contribution in [2.75, 3.05) is 23.9 Å². The number of aromatic nitrogens is 1. The first-order valence-corrected chi connectivity index (χ1v) is 8.26. The Balaban J connectivity index is 2.27. The summed E-state index contributed by atoms with van der Waals surface area (Å²) in [5.74, 6) is 0.00655. The lowest BCUT2D eigenvalue weighted by Gasteiger charge is -2.09. The van der Waals surface area contributed by atoms with Crippen LogP contribution in [0.4, 0.5) is 10.5 Å². The molecule has 21 heavy (non-hydrogen) atoms. The quantitative estimate of drug-likeness (QED) is 0.610. The highest BCUT2D eigenvalue weighted by Crippen LogP contribution is 2.11. The summed E-state index contributed by atoms with van der Waals surface area (Å²) < 4.78 is 0. The summed E-state index contributed by atoms with van der Waals surface area (Å²) in [5.41, 5.74) is 0.0344. The highest BCUT2D eigenvalue weighted by Gasteiger charge is 2.12. The summed E-state index contributed by atoms with van der Waals surface area (Å²) in [6, 6.07) is 2.68. The summed E-state index contributed by atoms with van der Waals surface area (Å²) in [5, 5.41) is 14.2. The number of rotatable bonds is 9. The van der Waals surface area contributed by atoms with Gasteiger partial charge in [-0.1, -0.05) is 12.8 Å². The van der Waals surface area contributed by atoms with E-state index in [1.807, 2.05) is 11.8 Å². The molecule has 0 aliphatic rings. The van der Waals surface area contributed by atoms with Crippen molar-refractivity contribution >= 4 is 29.4 Å². The van der Waals surface area contributed by atoms with Crippen molar-refractivity contribution in [2.45, 2.75) is 25.7 Å². The lowest BCUT2D eigenvalue weighted by Crippen LogP contribution is -2.30. The topological polar surface area (TPSA) is 91.3 Å². The van der Waals surface area contributed by atoms with Crippen molar-refractivity contribution < 1.29 is 14.7 Å². The number of pyridine rings is 1. The van der Waals surface area contributed by atoms with E-state index in [1.54, 1.807) is 6.07 Å². The van der Waals surface area contributed by atoms with Crippen molar-refractivity contribution in [2.24, 2.45) is 0 Å². The van der Waals surface area contributed by atoms with E-state index in [-0.39, 0.29) is 11.4 Å². The van der Waals surface area contributed by atoms with E-state index in [4.69, 9.17) is 5.11 Å². The minimum Gasteiger partial charge on any atom is -0.476 e. The lowest BCUT2D eigenvalue weighted by atomic mass is 10.2. The second-order valence-corrected chi connectivity index (χ2v) is 5.48. The summed E-state index contributed by atoms with van der Waals surface area (Å²) >= 11 is 1.84. The molecule has 0 aromatic carbocycles. The Kier molecular flexibility index (Phi) is 8.27. The zero-order valence-corrected chi connectivity index (χ0v) is 12.9. The van der Waals surface area contributed by atoms with E-state index < -0.39 is 12.0 Å². The second-order valence-electron chi connectivity index (χ2n) is 4.49. The molecule has 0 radical (unpaired) electrons. The van der Waals surface area contributed by atoms with Gasteiger partial charge in [-0.25, -0.2) is 14.6 Å². The maximum Gasteiger partial charge on any atom is 0.356 e. The SMILES string of the molecule is CSCCCCCCNC(=O)Nc1cccnc1C(=O)O. The van der Waals surface area contributed by atoms with E-state index in [2.05, 4.69) is 21.9 Å². The molecule has 1 heterocycles. The number of carbonyl (C=O) groups is 2. The van der Waals surface area contributed by atoms with Crippen LogP contribution in [-0.4, -0.2) is 40.6 Å². The fourth-order valence-electron chi connectivity index (χ4n) is 1.77. The molecule has 6 nitrogen and oxygen atoms in total. The molecule has 0 unspecified atom stereocenters. The van der Waals surface area contributed by atoms with E-state index in [0.29, 0.717) is 6.54 Å². The molecule has 0 aliphatic heterocycles.